The molecule has 0 fully saturated rings. The third kappa shape index (κ3) is 4.30. The van der Waals surface area contributed by atoms with Gasteiger partial charge in [0.15, 0.2) is 0 Å². The Morgan fingerprint density at radius 2 is 2.10 bits per heavy atom. The van der Waals surface area contributed by atoms with Crippen molar-refractivity contribution in [2.24, 2.45) is 5.10 Å². The van der Waals surface area contributed by atoms with Gasteiger partial charge in [0.25, 0.3) is 5.91 Å². The van der Waals surface area contributed by atoms with Gasteiger partial charge in [-0.2, -0.15) is 5.10 Å². The Bertz CT molecular complexity index is 971. The Morgan fingerprint density at radius 3 is 2.76 bits per heavy atom. The highest BCUT2D eigenvalue weighted by molar-refractivity contribution is 6.33. The van der Waals surface area contributed by atoms with Crippen molar-refractivity contribution in [1.82, 2.24) is 5.43 Å². The van der Waals surface area contributed by atoms with Gasteiger partial charge in [0.05, 0.1) is 16.8 Å². The number of carbonyl (C=O) groups is 1. The molecule has 1 aliphatic rings. The van der Waals surface area contributed by atoms with Crippen molar-refractivity contribution in [3.63, 3.8) is 0 Å². The molecule has 0 bridgehead atoms. The summed E-state index contributed by atoms with van der Waals surface area (Å²) in [7, 11) is 0. The topological polar surface area (TPSA) is 44.7 Å². The Morgan fingerprint density at radius 1 is 1.38 bits per heavy atom. The van der Waals surface area contributed by atoms with E-state index >= 15 is 0 Å². The SMILES string of the molecule is CCN1c2cc(F)c(/C=N\NC(=O)c3ccc(C)cc3Cl)cc2C(C)CC1(C)C. The molecule has 1 N–H and O–H groups in total. The van der Waals surface area contributed by atoms with Gasteiger partial charge in [0, 0.05) is 23.3 Å². The van der Waals surface area contributed by atoms with Gasteiger partial charge in [-0.1, -0.05) is 24.6 Å². The van der Waals surface area contributed by atoms with E-state index < -0.39 is 5.91 Å². The highest BCUT2D eigenvalue weighted by atomic mass is 35.5. The molecular formula is C23H27ClFN3O. The van der Waals surface area contributed by atoms with Gasteiger partial charge in [-0.15, -0.1) is 0 Å². The number of nitrogens with one attached hydrogen (secondary N) is 1. The molecule has 1 heterocycles. The third-order valence-electron chi connectivity index (χ3n) is 5.56. The van der Waals surface area contributed by atoms with Crippen LogP contribution in [0.2, 0.25) is 5.02 Å². The number of amides is 1. The number of fused-ring (bicyclic) bond motifs is 1. The summed E-state index contributed by atoms with van der Waals surface area (Å²) in [5, 5.41) is 4.30. The van der Waals surface area contributed by atoms with Crippen molar-refractivity contribution in [2.45, 2.75) is 52.5 Å². The Labute approximate surface area is 176 Å². The number of benzene rings is 2. The van der Waals surface area contributed by atoms with E-state index in [-0.39, 0.29) is 11.4 Å². The number of aryl methyl sites for hydroxylation is 1. The number of halogens is 2. The van der Waals surface area contributed by atoms with Crippen LogP contribution in [-0.2, 0) is 0 Å². The van der Waals surface area contributed by atoms with E-state index in [0.29, 0.717) is 22.1 Å². The van der Waals surface area contributed by atoms with Crippen molar-refractivity contribution in [3.8, 4) is 0 Å². The minimum Gasteiger partial charge on any atom is -0.366 e. The predicted molar refractivity (Wildman–Crippen MR) is 118 cm³/mol. The molecule has 0 saturated carbocycles. The standard InChI is InChI=1S/C23H27ClFN3O/c1-6-28-21-11-20(25)16(10-18(21)15(3)12-23(28,4)5)13-26-27-22(29)17-8-7-14(2)9-19(17)24/h7-11,13,15H,6,12H2,1-5H3,(H,27,29)/b26-13-. The Balaban J connectivity index is 1.83. The lowest BCUT2D eigenvalue weighted by molar-refractivity contribution is 0.0955. The van der Waals surface area contributed by atoms with Crippen LogP contribution in [0.4, 0.5) is 10.1 Å². The highest BCUT2D eigenvalue weighted by Gasteiger charge is 2.36. The van der Waals surface area contributed by atoms with Gasteiger partial charge in [-0.3, -0.25) is 4.79 Å². The monoisotopic (exact) mass is 415 g/mol. The second-order valence-electron chi connectivity index (χ2n) is 8.28. The first-order valence-corrected chi connectivity index (χ1v) is 10.2. The van der Waals surface area contributed by atoms with E-state index in [9.17, 15) is 9.18 Å². The van der Waals surface area contributed by atoms with Crippen molar-refractivity contribution >= 4 is 29.4 Å². The number of hydrazone groups is 1. The number of anilines is 1. The van der Waals surface area contributed by atoms with Crippen LogP contribution in [-0.4, -0.2) is 24.2 Å². The van der Waals surface area contributed by atoms with Crippen molar-refractivity contribution in [1.29, 1.82) is 0 Å². The maximum atomic E-state index is 14.8. The van der Waals surface area contributed by atoms with Crippen molar-refractivity contribution < 1.29 is 9.18 Å². The van der Waals surface area contributed by atoms with E-state index in [1.807, 2.05) is 13.0 Å². The minimum absolute atomic E-state index is 0.0233. The highest BCUT2D eigenvalue weighted by Crippen LogP contribution is 2.43. The molecule has 1 aliphatic heterocycles. The third-order valence-corrected chi connectivity index (χ3v) is 5.87. The molecule has 4 nitrogen and oxygen atoms in total. The molecule has 1 atom stereocenters. The zero-order chi connectivity index (χ0) is 21.3. The lowest BCUT2D eigenvalue weighted by Gasteiger charge is -2.47. The first-order valence-electron chi connectivity index (χ1n) is 9.84. The number of rotatable bonds is 4. The summed E-state index contributed by atoms with van der Waals surface area (Å²) >= 11 is 6.11. The number of hydrogen-bond acceptors (Lipinski definition) is 3. The van der Waals surface area contributed by atoms with Crippen LogP contribution in [0.15, 0.2) is 35.4 Å². The van der Waals surface area contributed by atoms with Gasteiger partial charge in [0.1, 0.15) is 5.82 Å². The van der Waals surface area contributed by atoms with Gasteiger partial charge in [-0.25, -0.2) is 9.82 Å². The van der Waals surface area contributed by atoms with Gasteiger partial charge < -0.3 is 4.90 Å². The molecule has 1 unspecified atom stereocenters. The largest absolute Gasteiger partial charge is 0.366 e. The predicted octanol–water partition coefficient (Wildman–Crippen LogP) is 5.66. The average Bonchev–Trinajstić information content (AvgIpc) is 2.62. The van der Waals surface area contributed by atoms with E-state index in [1.54, 1.807) is 24.3 Å². The van der Waals surface area contributed by atoms with Crippen molar-refractivity contribution in [2.75, 3.05) is 11.4 Å². The Kier molecular flexibility index (Phi) is 5.99. The van der Waals surface area contributed by atoms with E-state index in [4.69, 9.17) is 11.6 Å². The molecular weight excluding hydrogens is 389 g/mol. The van der Waals surface area contributed by atoms with Crippen molar-refractivity contribution in [3.05, 3.63) is 63.4 Å². The minimum atomic E-state index is -0.433. The molecule has 0 aromatic heterocycles. The molecule has 0 aliphatic carbocycles. The molecule has 154 valence electrons. The number of hydrogen-bond donors (Lipinski definition) is 1. The van der Waals surface area contributed by atoms with E-state index in [1.165, 1.54) is 6.21 Å². The molecule has 0 saturated heterocycles. The fourth-order valence-electron chi connectivity index (χ4n) is 4.24. The lowest BCUT2D eigenvalue weighted by Crippen LogP contribution is -2.48. The fraction of sp³-hybridized carbons (Fsp3) is 0.391. The van der Waals surface area contributed by atoms with Crippen LogP contribution in [0.3, 0.4) is 0 Å². The van der Waals surface area contributed by atoms with Gasteiger partial charge >= 0.3 is 0 Å². The summed E-state index contributed by atoms with van der Waals surface area (Å²) < 4.78 is 14.8. The molecule has 2 aromatic rings. The maximum Gasteiger partial charge on any atom is 0.272 e. The smallest absolute Gasteiger partial charge is 0.272 e. The first kappa shape index (κ1) is 21.3. The van der Waals surface area contributed by atoms with E-state index in [0.717, 1.165) is 29.8 Å². The van der Waals surface area contributed by atoms with Gasteiger partial charge in [0.2, 0.25) is 0 Å². The zero-order valence-electron chi connectivity index (χ0n) is 17.5. The molecule has 0 radical (unpaired) electrons. The van der Waals surface area contributed by atoms with Crippen LogP contribution in [0, 0.1) is 12.7 Å². The molecule has 3 rings (SSSR count). The summed E-state index contributed by atoms with van der Waals surface area (Å²) in [4.78, 5) is 14.5. The van der Waals surface area contributed by atoms with E-state index in [2.05, 4.69) is 43.1 Å². The Hall–Kier alpha value is -2.40. The summed E-state index contributed by atoms with van der Waals surface area (Å²) in [5.74, 6) is -0.494. The number of nitrogens with zero attached hydrogens (tertiary/aromatic N) is 2. The number of carbonyl (C=O) groups excluding carboxylic acids is 1. The maximum absolute atomic E-state index is 14.8. The van der Waals surface area contributed by atoms with Crippen LogP contribution in [0.5, 0.6) is 0 Å². The quantitative estimate of drug-likeness (QED) is 0.517. The van der Waals surface area contributed by atoms with Crippen LogP contribution >= 0.6 is 11.6 Å². The van der Waals surface area contributed by atoms with Crippen LogP contribution in [0.1, 0.15) is 67.1 Å². The summed E-state index contributed by atoms with van der Waals surface area (Å²) in [6.45, 7) is 11.3. The summed E-state index contributed by atoms with van der Waals surface area (Å²) in [6.07, 6.45) is 2.33. The lowest BCUT2D eigenvalue weighted by atomic mass is 9.79. The zero-order valence-corrected chi connectivity index (χ0v) is 18.3. The second-order valence-corrected chi connectivity index (χ2v) is 8.68. The molecule has 6 heteroatoms. The second kappa shape index (κ2) is 8.15. The molecule has 0 spiro atoms. The molecule has 2 aromatic carbocycles. The summed E-state index contributed by atoms with van der Waals surface area (Å²) in [6, 6.07) is 8.57. The normalized spacial score (nSPS) is 18.0. The molecule has 29 heavy (non-hydrogen) atoms. The average molecular weight is 416 g/mol. The first-order chi connectivity index (χ1) is 13.6. The fourth-order valence-corrected chi connectivity index (χ4v) is 4.56. The molecule has 1 amide bonds. The van der Waals surface area contributed by atoms with Gasteiger partial charge in [-0.05, 0) is 75.4 Å². The van der Waals surface area contributed by atoms with Crippen LogP contribution < -0.4 is 10.3 Å². The summed E-state index contributed by atoms with van der Waals surface area (Å²) in [5.41, 5.74) is 6.08. The van der Waals surface area contributed by atoms with Crippen LogP contribution in [0.25, 0.3) is 0 Å².